The Morgan fingerprint density at radius 2 is 1.90 bits per heavy atom. The summed E-state index contributed by atoms with van der Waals surface area (Å²) in [6, 6.07) is 7.14. The van der Waals surface area contributed by atoms with Crippen molar-refractivity contribution in [2.45, 2.75) is 49.8 Å². The number of pyridine rings is 1. The molecule has 0 saturated heterocycles. The van der Waals surface area contributed by atoms with Gasteiger partial charge in [-0.25, -0.2) is 23.6 Å². The predicted molar refractivity (Wildman–Crippen MR) is 114 cm³/mol. The van der Waals surface area contributed by atoms with E-state index in [0.717, 1.165) is 6.42 Å². The zero-order valence-corrected chi connectivity index (χ0v) is 17.4. The Kier molecular flexibility index (Phi) is 5.78. The fourth-order valence-electron chi connectivity index (χ4n) is 4.29. The van der Waals surface area contributed by atoms with Gasteiger partial charge in [0.25, 0.3) is 0 Å². The molecule has 158 valence electrons. The maximum Gasteiger partial charge on any atom is 0.239 e. The van der Waals surface area contributed by atoms with Crippen LogP contribution in [0.5, 0.6) is 0 Å². The van der Waals surface area contributed by atoms with Gasteiger partial charge < -0.3 is 5.73 Å². The lowest BCUT2D eigenvalue weighted by Gasteiger charge is -2.22. The number of sulfonamides is 1. The third-order valence-corrected chi connectivity index (χ3v) is 6.79. The molecule has 10 heteroatoms. The van der Waals surface area contributed by atoms with Gasteiger partial charge in [-0.2, -0.15) is 0 Å². The van der Waals surface area contributed by atoms with Crippen LogP contribution in [-0.4, -0.2) is 34.0 Å². The number of aromatic amines is 1. The Balaban J connectivity index is 1.84. The van der Waals surface area contributed by atoms with Gasteiger partial charge in [-0.15, -0.1) is 5.10 Å². The van der Waals surface area contributed by atoms with Gasteiger partial charge in [0, 0.05) is 17.3 Å². The lowest BCUT2D eigenvalue weighted by atomic mass is 9.85. The Labute approximate surface area is 175 Å². The van der Waals surface area contributed by atoms with Gasteiger partial charge in [0.1, 0.15) is 5.82 Å². The molecule has 1 aromatic carbocycles. The van der Waals surface area contributed by atoms with Crippen LogP contribution in [0, 0.1) is 5.92 Å². The van der Waals surface area contributed by atoms with Gasteiger partial charge in [-0.1, -0.05) is 44.2 Å². The minimum atomic E-state index is -4.04. The number of nitrogen functional groups attached to an aromatic ring is 1. The van der Waals surface area contributed by atoms with E-state index in [1.54, 1.807) is 18.3 Å². The van der Waals surface area contributed by atoms with E-state index in [2.05, 4.69) is 25.6 Å². The molecule has 1 saturated carbocycles. The maximum absolute atomic E-state index is 12.7. The third-order valence-electron chi connectivity index (χ3n) is 5.75. The van der Waals surface area contributed by atoms with Crippen LogP contribution in [-0.2, 0) is 16.4 Å². The zero-order valence-electron chi connectivity index (χ0n) is 16.6. The van der Waals surface area contributed by atoms with E-state index in [1.807, 2.05) is 12.1 Å². The van der Waals surface area contributed by atoms with Crippen LogP contribution in [0.2, 0.25) is 0 Å². The monoisotopic (exact) mass is 427 g/mol. The molecule has 0 unspecified atom stereocenters. The SMILES string of the molecule is Nc1ccc(-c2ccc(CCC3CCCCC3)c(S(N)(=O)=O)c2-c2nnn[nH]2)cn1. The summed E-state index contributed by atoms with van der Waals surface area (Å²) in [4.78, 5) is 4.19. The number of aromatic nitrogens is 5. The number of rotatable bonds is 6. The summed E-state index contributed by atoms with van der Waals surface area (Å²) >= 11 is 0. The number of benzene rings is 1. The Hall–Kier alpha value is -2.85. The molecule has 3 aromatic rings. The molecule has 0 bridgehead atoms. The van der Waals surface area contributed by atoms with E-state index in [9.17, 15) is 8.42 Å². The largest absolute Gasteiger partial charge is 0.384 e. The van der Waals surface area contributed by atoms with E-state index in [4.69, 9.17) is 10.9 Å². The van der Waals surface area contributed by atoms with Crippen molar-refractivity contribution in [1.82, 2.24) is 25.6 Å². The van der Waals surface area contributed by atoms with Crippen molar-refractivity contribution in [2.24, 2.45) is 11.1 Å². The third kappa shape index (κ3) is 4.34. The Morgan fingerprint density at radius 3 is 2.53 bits per heavy atom. The zero-order chi connectivity index (χ0) is 21.1. The van der Waals surface area contributed by atoms with Crippen LogP contribution in [0.25, 0.3) is 22.5 Å². The van der Waals surface area contributed by atoms with E-state index in [-0.39, 0.29) is 10.7 Å². The van der Waals surface area contributed by atoms with Crippen molar-refractivity contribution in [2.75, 3.05) is 5.73 Å². The summed E-state index contributed by atoms with van der Waals surface area (Å²) in [5, 5.41) is 19.6. The maximum atomic E-state index is 12.7. The highest BCUT2D eigenvalue weighted by Crippen LogP contribution is 2.38. The van der Waals surface area contributed by atoms with Crippen LogP contribution in [0.1, 0.15) is 44.1 Å². The average Bonchev–Trinajstić information content (AvgIpc) is 3.27. The second kappa shape index (κ2) is 8.49. The number of nitrogens with two attached hydrogens (primary N) is 2. The minimum Gasteiger partial charge on any atom is -0.384 e. The number of primary sulfonamides is 1. The predicted octanol–water partition coefficient (Wildman–Crippen LogP) is 2.67. The van der Waals surface area contributed by atoms with E-state index >= 15 is 0 Å². The Bertz CT molecular complexity index is 1110. The van der Waals surface area contributed by atoms with E-state index in [0.29, 0.717) is 40.4 Å². The van der Waals surface area contributed by atoms with Crippen molar-refractivity contribution >= 4 is 15.8 Å². The van der Waals surface area contributed by atoms with Gasteiger partial charge in [0.15, 0.2) is 5.82 Å². The Morgan fingerprint density at radius 1 is 1.10 bits per heavy atom. The molecule has 30 heavy (non-hydrogen) atoms. The second-order valence-corrected chi connectivity index (χ2v) is 9.28. The molecule has 1 fully saturated rings. The molecule has 5 N–H and O–H groups in total. The molecule has 2 heterocycles. The van der Waals surface area contributed by atoms with Crippen LogP contribution in [0.15, 0.2) is 35.4 Å². The molecule has 0 atom stereocenters. The van der Waals surface area contributed by atoms with E-state index in [1.165, 1.54) is 32.1 Å². The first-order valence-electron chi connectivity index (χ1n) is 10.1. The van der Waals surface area contributed by atoms with Gasteiger partial charge in [0.2, 0.25) is 10.0 Å². The van der Waals surface area contributed by atoms with Gasteiger partial charge >= 0.3 is 0 Å². The van der Waals surface area contributed by atoms with Gasteiger partial charge in [0.05, 0.1) is 4.90 Å². The smallest absolute Gasteiger partial charge is 0.239 e. The molecule has 1 aliphatic rings. The highest BCUT2D eigenvalue weighted by molar-refractivity contribution is 7.89. The van der Waals surface area contributed by atoms with Crippen LogP contribution in [0.3, 0.4) is 0 Å². The molecule has 0 aliphatic heterocycles. The van der Waals surface area contributed by atoms with Crippen LogP contribution in [0.4, 0.5) is 5.82 Å². The minimum absolute atomic E-state index is 0.0613. The summed E-state index contributed by atoms with van der Waals surface area (Å²) in [7, 11) is -4.04. The molecule has 1 aliphatic carbocycles. The highest BCUT2D eigenvalue weighted by atomic mass is 32.2. The molecule has 9 nitrogen and oxygen atoms in total. The molecule has 0 radical (unpaired) electrons. The number of H-pyrrole nitrogens is 1. The number of aryl methyl sites for hydroxylation is 1. The number of tetrazole rings is 1. The fourth-order valence-corrected chi connectivity index (χ4v) is 5.32. The van der Waals surface area contributed by atoms with Crippen LogP contribution < -0.4 is 10.9 Å². The lowest BCUT2D eigenvalue weighted by Crippen LogP contribution is -2.18. The van der Waals surface area contributed by atoms with Crippen molar-refractivity contribution in [3.63, 3.8) is 0 Å². The number of nitrogens with zero attached hydrogens (tertiary/aromatic N) is 4. The topological polar surface area (TPSA) is 154 Å². The van der Waals surface area contributed by atoms with Crippen LogP contribution >= 0.6 is 0 Å². The number of anilines is 1. The first-order valence-corrected chi connectivity index (χ1v) is 11.6. The molecule has 0 amide bonds. The summed E-state index contributed by atoms with van der Waals surface area (Å²) < 4.78 is 25.4. The summed E-state index contributed by atoms with van der Waals surface area (Å²) in [6.07, 6.45) is 9.30. The summed E-state index contributed by atoms with van der Waals surface area (Å²) in [5.74, 6) is 1.23. The number of nitrogens with one attached hydrogen (secondary N) is 1. The average molecular weight is 428 g/mol. The molecule has 4 rings (SSSR count). The number of hydrogen-bond donors (Lipinski definition) is 3. The first kappa shape index (κ1) is 20.4. The lowest BCUT2D eigenvalue weighted by molar-refractivity contribution is 0.338. The van der Waals surface area contributed by atoms with Gasteiger partial charge in [-0.05, 0) is 52.4 Å². The quantitative estimate of drug-likeness (QED) is 0.546. The fraction of sp³-hybridized carbons (Fsp3) is 0.400. The van der Waals surface area contributed by atoms with Crippen molar-refractivity contribution < 1.29 is 8.42 Å². The second-order valence-electron chi connectivity index (χ2n) is 7.79. The molecule has 0 spiro atoms. The molecular weight excluding hydrogens is 402 g/mol. The standard InChI is InChI=1S/C20H25N7O2S/c21-17-11-9-15(12-23-17)16-10-8-14(7-6-13-4-2-1-3-5-13)19(30(22,28)29)18(16)20-24-26-27-25-20/h8-13H,1-7H2,(H2,21,23)(H2,22,28,29)(H,24,25,26,27). The first-order chi connectivity index (χ1) is 14.4. The van der Waals surface area contributed by atoms with Crippen molar-refractivity contribution in [3.8, 4) is 22.5 Å². The van der Waals surface area contributed by atoms with Crippen molar-refractivity contribution in [1.29, 1.82) is 0 Å². The van der Waals surface area contributed by atoms with Gasteiger partial charge in [-0.3, -0.25) is 0 Å². The number of hydrogen-bond acceptors (Lipinski definition) is 7. The normalized spacial score (nSPS) is 15.4. The van der Waals surface area contributed by atoms with Crippen molar-refractivity contribution in [3.05, 3.63) is 36.0 Å². The highest BCUT2D eigenvalue weighted by Gasteiger charge is 2.26. The summed E-state index contributed by atoms with van der Waals surface area (Å²) in [5.41, 5.74) is 8.06. The molecular formula is C20H25N7O2S. The molecule has 2 aromatic heterocycles. The van der Waals surface area contributed by atoms with E-state index < -0.39 is 10.0 Å². The summed E-state index contributed by atoms with van der Waals surface area (Å²) in [6.45, 7) is 0.